The van der Waals surface area contributed by atoms with Crippen LogP contribution in [0.4, 0.5) is 0 Å². The van der Waals surface area contributed by atoms with Crippen molar-refractivity contribution in [2.75, 3.05) is 0 Å². The van der Waals surface area contributed by atoms with E-state index in [2.05, 4.69) is 17.1 Å². The lowest BCUT2D eigenvalue weighted by atomic mass is 10.1. The smallest absolute Gasteiger partial charge is 0.0701 e. The minimum absolute atomic E-state index is 1.04. The van der Waals surface area contributed by atoms with Gasteiger partial charge in [0, 0.05) is 5.69 Å². The van der Waals surface area contributed by atoms with E-state index < -0.39 is 0 Å². The molecule has 0 aliphatic rings. The molecule has 68 valence electrons. The second-order valence-corrected chi connectivity index (χ2v) is 2.93. The van der Waals surface area contributed by atoms with Gasteiger partial charge >= 0.3 is 0 Å². The Hall–Kier alpha value is -1.37. The third kappa shape index (κ3) is 2.55. The van der Waals surface area contributed by atoms with Crippen LogP contribution in [0.3, 0.4) is 0 Å². The molecule has 13 heavy (non-hydrogen) atoms. The van der Waals surface area contributed by atoms with Gasteiger partial charge in [-0.25, -0.2) is 0 Å². The van der Waals surface area contributed by atoms with Crippen molar-refractivity contribution >= 4 is 12.2 Å². The van der Waals surface area contributed by atoms with Crippen LogP contribution in [0.1, 0.15) is 30.8 Å². The molecule has 0 bridgehead atoms. The Morgan fingerprint density at radius 1 is 1.08 bits per heavy atom. The third-order valence-electron chi connectivity index (χ3n) is 1.77. The van der Waals surface area contributed by atoms with Gasteiger partial charge in [-0.3, -0.25) is 4.98 Å². The Morgan fingerprint density at radius 3 is 2.38 bits per heavy atom. The zero-order chi connectivity index (χ0) is 9.68. The normalized spacial score (nSPS) is 11.6. The second-order valence-electron chi connectivity index (χ2n) is 2.93. The lowest BCUT2D eigenvalue weighted by Gasteiger charge is -2.00. The first-order valence-electron chi connectivity index (χ1n) is 4.51. The van der Waals surface area contributed by atoms with Gasteiger partial charge in [0.2, 0.25) is 0 Å². The van der Waals surface area contributed by atoms with E-state index in [4.69, 9.17) is 0 Å². The van der Waals surface area contributed by atoms with E-state index in [9.17, 15) is 0 Å². The maximum absolute atomic E-state index is 4.44. The Balaban J connectivity index is 3.18. The van der Waals surface area contributed by atoms with Crippen LogP contribution < -0.4 is 0 Å². The highest BCUT2D eigenvalue weighted by atomic mass is 14.7. The molecule has 1 aromatic heterocycles. The standard InChI is InChI=1S/C12H15N/c1-4-6-11-9-8-10(3)13-12(11)7-5-2/h4-9H,1-3H3/b6-4-,7-5-. The molecule has 0 unspecified atom stereocenters. The minimum Gasteiger partial charge on any atom is -0.253 e. The fourth-order valence-corrected chi connectivity index (χ4v) is 1.20. The summed E-state index contributed by atoms with van der Waals surface area (Å²) in [6.07, 6.45) is 8.14. The largest absolute Gasteiger partial charge is 0.253 e. The number of allylic oxidation sites excluding steroid dienone is 2. The SMILES string of the molecule is C/C=C\c1ccc(C)nc1/C=C\C. The molecule has 0 aliphatic heterocycles. The van der Waals surface area contributed by atoms with Crippen LogP contribution >= 0.6 is 0 Å². The molecule has 1 heterocycles. The van der Waals surface area contributed by atoms with E-state index in [0.29, 0.717) is 0 Å². The van der Waals surface area contributed by atoms with Gasteiger partial charge in [0.05, 0.1) is 5.69 Å². The molecule has 0 N–H and O–H groups in total. The summed E-state index contributed by atoms with van der Waals surface area (Å²) in [6, 6.07) is 4.12. The first-order valence-corrected chi connectivity index (χ1v) is 4.51. The van der Waals surface area contributed by atoms with Gasteiger partial charge in [0.15, 0.2) is 0 Å². The fourth-order valence-electron chi connectivity index (χ4n) is 1.20. The number of nitrogens with zero attached hydrogens (tertiary/aromatic N) is 1. The van der Waals surface area contributed by atoms with Crippen molar-refractivity contribution in [2.45, 2.75) is 20.8 Å². The van der Waals surface area contributed by atoms with E-state index >= 15 is 0 Å². The van der Waals surface area contributed by atoms with Crippen LogP contribution in [0.5, 0.6) is 0 Å². The highest BCUT2D eigenvalue weighted by Crippen LogP contribution is 2.11. The maximum atomic E-state index is 4.44. The summed E-state index contributed by atoms with van der Waals surface area (Å²) in [4.78, 5) is 4.44. The van der Waals surface area contributed by atoms with Crippen molar-refractivity contribution in [1.82, 2.24) is 4.98 Å². The van der Waals surface area contributed by atoms with Crippen LogP contribution in [-0.2, 0) is 0 Å². The van der Waals surface area contributed by atoms with Crippen LogP contribution in [-0.4, -0.2) is 4.98 Å². The number of hydrogen-bond acceptors (Lipinski definition) is 1. The molecule has 0 aliphatic carbocycles. The molecule has 0 fully saturated rings. The van der Waals surface area contributed by atoms with Crippen molar-refractivity contribution in [2.24, 2.45) is 0 Å². The van der Waals surface area contributed by atoms with Crippen LogP contribution in [0.15, 0.2) is 24.3 Å². The number of aromatic nitrogens is 1. The summed E-state index contributed by atoms with van der Waals surface area (Å²) in [6.45, 7) is 6.02. The van der Waals surface area contributed by atoms with Gasteiger partial charge in [0.1, 0.15) is 0 Å². The van der Waals surface area contributed by atoms with Crippen molar-refractivity contribution < 1.29 is 0 Å². The molecule has 0 saturated carbocycles. The van der Waals surface area contributed by atoms with Gasteiger partial charge in [-0.05, 0) is 38.5 Å². The molecule has 1 rings (SSSR count). The summed E-state index contributed by atoms with van der Waals surface area (Å²) in [7, 11) is 0. The van der Waals surface area contributed by atoms with Gasteiger partial charge in [-0.1, -0.05) is 24.3 Å². The predicted molar refractivity (Wildman–Crippen MR) is 58.4 cm³/mol. The molecular formula is C12H15N. The number of pyridine rings is 1. The topological polar surface area (TPSA) is 12.9 Å². The Labute approximate surface area is 79.8 Å². The number of aryl methyl sites for hydroxylation is 1. The summed E-state index contributed by atoms with van der Waals surface area (Å²) in [5, 5.41) is 0. The molecule has 1 heteroatoms. The maximum Gasteiger partial charge on any atom is 0.0701 e. The number of hydrogen-bond donors (Lipinski definition) is 0. The summed E-state index contributed by atoms with van der Waals surface area (Å²) >= 11 is 0. The van der Waals surface area contributed by atoms with Gasteiger partial charge < -0.3 is 0 Å². The lowest BCUT2D eigenvalue weighted by molar-refractivity contribution is 1.17. The van der Waals surface area contributed by atoms with Crippen molar-refractivity contribution in [1.29, 1.82) is 0 Å². The molecule has 0 radical (unpaired) electrons. The van der Waals surface area contributed by atoms with Crippen molar-refractivity contribution in [3.05, 3.63) is 41.2 Å². The molecule has 1 nitrogen and oxygen atoms in total. The molecule has 1 aromatic rings. The van der Waals surface area contributed by atoms with Gasteiger partial charge in [-0.15, -0.1) is 0 Å². The van der Waals surface area contributed by atoms with E-state index in [1.165, 1.54) is 5.56 Å². The van der Waals surface area contributed by atoms with Crippen LogP contribution in [0, 0.1) is 6.92 Å². The highest BCUT2D eigenvalue weighted by molar-refractivity contribution is 5.62. The van der Waals surface area contributed by atoms with Crippen molar-refractivity contribution in [3.63, 3.8) is 0 Å². The average molecular weight is 173 g/mol. The van der Waals surface area contributed by atoms with Gasteiger partial charge in [-0.2, -0.15) is 0 Å². The molecule has 0 atom stereocenters. The Kier molecular flexibility index (Phi) is 3.44. The van der Waals surface area contributed by atoms with Crippen LogP contribution in [0.2, 0.25) is 0 Å². The first kappa shape index (κ1) is 9.72. The summed E-state index contributed by atoms with van der Waals surface area (Å²) in [5.41, 5.74) is 3.27. The minimum atomic E-state index is 1.04. The van der Waals surface area contributed by atoms with E-state index in [1.807, 2.05) is 45.1 Å². The first-order chi connectivity index (χ1) is 6.27. The predicted octanol–water partition coefficient (Wildman–Crippen LogP) is 3.46. The zero-order valence-corrected chi connectivity index (χ0v) is 8.41. The third-order valence-corrected chi connectivity index (χ3v) is 1.77. The lowest BCUT2D eigenvalue weighted by Crippen LogP contribution is -1.88. The highest BCUT2D eigenvalue weighted by Gasteiger charge is 1.96. The second kappa shape index (κ2) is 4.61. The Morgan fingerprint density at radius 2 is 1.77 bits per heavy atom. The van der Waals surface area contributed by atoms with E-state index in [1.54, 1.807) is 0 Å². The summed E-state index contributed by atoms with van der Waals surface area (Å²) < 4.78 is 0. The fraction of sp³-hybridized carbons (Fsp3) is 0.250. The summed E-state index contributed by atoms with van der Waals surface area (Å²) in [5.74, 6) is 0. The molecular weight excluding hydrogens is 158 g/mol. The molecule has 0 saturated heterocycles. The van der Waals surface area contributed by atoms with E-state index in [-0.39, 0.29) is 0 Å². The zero-order valence-electron chi connectivity index (χ0n) is 8.41. The average Bonchev–Trinajstić information content (AvgIpc) is 2.10. The molecule has 0 amide bonds. The quantitative estimate of drug-likeness (QED) is 0.667. The van der Waals surface area contributed by atoms with Gasteiger partial charge in [0.25, 0.3) is 0 Å². The molecule has 0 aromatic carbocycles. The monoisotopic (exact) mass is 173 g/mol. The van der Waals surface area contributed by atoms with Crippen molar-refractivity contribution in [3.8, 4) is 0 Å². The Bertz CT molecular complexity index is 335. The number of rotatable bonds is 2. The van der Waals surface area contributed by atoms with Crippen LogP contribution in [0.25, 0.3) is 12.2 Å². The van der Waals surface area contributed by atoms with E-state index in [0.717, 1.165) is 11.4 Å². The molecule has 0 spiro atoms.